The number of nitrogens with zero attached hydrogens (tertiary/aromatic N) is 4. The lowest BCUT2D eigenvalue weighted by Gasteiger charge is -2.22. The fraction of sp³-hybridized carbons (Fsp3) is 0.370. The highest BCUT2D eigenvalue weighted by atomic mass is 16.5. The van der Waals surface area contributed by atoms with Gasteiger partial charge in [0.1, 0.15) is 11.9 Å². The fourth-order valence-electron chi connectivity index (χ4n) is 4.46. The van der Waals surface area contributed by atoms with Crippen LogP contribution in [0.5, 0.6) is 5.75 Å². The number of aromatic nitrogens is 2. The van der Waals surface area contributed by atoms with Crippen molar-refractivity contribution in [1.29, 1.82) is 0 Å². The summed E-state index contributed by atoms with van der Waals surface area (Å²) in [5.41, 5.74) is 1.62. The SMILES string of the molecule is O=C(c1ccc(OC2C=CCCC2)cc1)N1CCCN(Cc2noc(-c3ccccc3)n2)CC1. The second-order valence-electron chi connectivity index (χ2n) is 8.84. The van der Waals surface area contributed by atoms with Crippen LogP contribution in [0.1, 0.15) is 41.9 Å². The molecule has 1 aliphatic heterocycles. The first-order valence-electron chi connectivity index (χ1n) is 12.1. The molecule has 2 aliphatic rings. The molecular weight excluding hydrogens is 428 g/mol. The molecule has 34 heavy (non-hydrogen) atoms. The molecule has 0 N–H and O–H groups in total. The monoisotopic (exact) mass is 458 g/mol. The summed E-state index contributed by atoms with van der Waals surface area (Å²) in [6.07, 6.45) is 8.67. The number of benzene rings is 2. The number of hydrogen-bond acceptors (Lipinski definition) is 6. The normalized spacial score (nSPS) is 19.1. The van der Waals surface area contributed by atoms with Gasteiger partial charge < -0.3 is 14.2 Å². The summed E-state index contributed by atoms with van der Waals surface area (Å²) in [6.45, 7) is 3.69. The number of ether oxygens (including phenoxy) is 1. The molecule has 1 aromatic heterocycles. The van der Waals surface area contributed by atoms with Crippen LogP contribution in [0.4, 0.5) is 0 Å². The van der Waals surface area contributed by atoms with Crippen LogP contribution in [0, 0.1) is 0 Å². The second-order valence-corrected chi connectivity index (χ2v) is 8.84. The molecule has 0 bridgehead atoms. The lowest BCUT2D eigenvalue weighted by Crippen LogP contribution is -2.35. The predicted molar refractivity (Wildman–Crippen MR) is 129 cm³/mol. The first-order chi connectivity index (χ1) is 16.7. The third-order valence-electron chi connectivity index (χ3n) is 6.33. The maximum atomic E-state index is 13.1. The van der Waals surface area contributed by atoms with Crippen molar-refractivity contribution < 1.29 is 14.1 Å². The van der Waals surface area contributed by atoms with Crippen molar-refractivity contribution in [2.24, 2.45) is 0 Å². The van der Waals surface area contributed by atoms with E-state index in [4.69, 9.17) is 9.26 Å². The van der Waals surface area contributed by atoms with E-state index in [1.165, 1.54) is 0 Å². The Labute approximate surface area is 200 Å². The minimum absolute atomic E-state index is 0.0666. The summed E-state index contributed by atoms with van der Waals surface area (Å²) in [5, 5.41) is 4.14. The van der Waals surface area contributed by atoms with Crippen molar-refractivity contribution in [3.05, 3.63) is 78.1 Å². The van der Waals surface area contributed by atoms with Crippen molar-refractivity contribution in [3.8, 4) is 17.2 Å². The van der Waals surface area contributed by atoms with E-state index in [0.717, 1.165) is 56.6 Å². The van der Waals surface area contributed by atoms with Gasteiger partial charge in [0, 0.05) is 37.3 Å². The highest BCUT2D eigenvalue weighted by molar-refractivity contribution is 5.94. The molecule has 0 radical (unpaired) electrons. The zero-order valence-electron chi connectivity index (χ0n) is 19.3. The molecule has 1 aliphatic carbocycles. The van der Waals surface area contributed by atoms with Crippen molar-refractivity contribution in [2.45, 2.75) is 38.3 Å². The Kier molecular flexibility index (Phi) is 7.00. The summed E-state index contributed by atoms with van der Waals surface area (Å²) in [7, 11) is 0. The third kappa shape index (κ3) is 5.54. The first kappa shape index (κ1) is 22.3. The van der Waals surface area contributed by atoms with E-state index in [1.54, 1.807) is 0 Å². The summed E-state index contributed by atoms with van der Waals surface area (Å²) < 4.78 is 11.5. The van der Waals surface area contributed by atoms with Crippen LogP contribution in [0.2, 0.25) is 0 Å². The van der Waals surface area contributed by atoms with Crippen LogP contribution in [0.25, 0.3) is 11.5 Å². The average molecular weight is 459 g/mol. The quantitative estimate of drug-likeness (QED) is 0.504. The number of carbonyl (C=O) groups is 1. The van der Waals surface area contributed by atoms with Gasteiger partial charge >= 0.3 is 0 Å². The van der Waals surface area contributed by atoms with E-state index in [0.29, 0.717) is 30.4 Å². The minimum Gasteiger partial charge on any atom is -0.486 e. The van der Waals surface area contributed by atoms with Gasteiger partial charge in [-0.25, -0.2) is 0 Å². The summed E-state index contributed by atoms with van der Waals surface area (Å²) in [6, 6.07) is 17.3. The molecule has 176 valence electrons. The van der Waals surface area contributed by atoms with Gasteiger partial charge in [0.05, 0.1) is 6.54 Å². The Morgan fingerprint density at radius 1 is 1.00 bits per heavy atom. The Morgan fingerprint density at radius 2 is 1.85 bits per heavy atom. The number of rotatable bonds is 6. The molecule has 0 saturated carbocycles. The third-order valence-corrected chi connectivity index (χ3v) is 6.33. The highest BCUT2D eigenvalue weighted by Crippen LogP contribution is 2.21. The van der Waals surface area contributed by atoms with E-state index in [9.17, 15) is 4.79 Å². The van der Waals surface area contributed by atoms with Crippen molar-refractivity contribution in [2.75, 3.05) is 26.2 Å². The average Bonchev–Trinajstić information content (AvgIpc) is 3.23. The van der Waals surface area contributed by atoms with Crippen LogP contribution >= 0.6 is 0 Å². The minimum atomic E-state index is 0.0666. The molecule has 1 fully saturated rings. The lowest BCUT2D eigenvalue weighted by molar-refractivity contribution is 0.0761. The van der Waals surface area contributed by atoms with E-state index < -0.39 is 0 Å². The number of carbonyl (C=O) groups excluding carboxylic acids is 1. The molecule has 1 unspecified atom stereocenters. The van der Waals surface area contributed by atoms with Crippen molar-refractivity contribution >= 4 is 5.91 Å². The molecule has 1 saturated heterocycles. The van der Waals surface area contributed by atoms with Gasteiger partial charge in [-0.2, -0.15) is 4.98 Å². The Bertz CT molecular complexity index is 1110. The van der Waals surface area contributed by atoms with Gasteiger partial charge in [0.2, 0.25) is 0 Å². The largest absolute Gasteiger partial charge is 0.486 e. The maximum absolute atomic E-state index is 13.1. The van der Waals surface area contributed by atoms with Gasteiger partial charge in [0.25, 0.3) is 11.8 Å². The van der Waals surface area contributed by atoms with Crippen LogP contribution in [-0.2, 0) is 6.54 Å². The zero-order valence-corrected chi connectivity index (χ0v) is 19.3. The standard InChI is InChI=1S/C27H30N4O3/c32-27(22-12-14-24(15-13-22)33-23-10-5-2-6-11-23)31-17-7-16-30(18-19-31)20-25-28-26(34-29-25)21-8-3-1-4-9-21/h1,3-5,8-10,12-15,23H,2,6-7,11,16-20H2. The van der Waals surface area contributed by atoms with Gasteiger partial charge in [-0.15, -0.1) is 0 Å². The highest BCUT2D eigenvalue weighted by Gasteiger charge is 2.22. The van der Waals surface area contributed by atoms with Gasteiger partial charge in [-0.1, -0.05) is 29.4 Å². The Hall–Kier alpha value is -3.45. The van der Waals surface area contributed by atoms with E-state index in [2.05, 4.69) is 27.2 Å². The van der Waals surface area contributed by atoms with Crippen molar-refractivity contribution in [3.63, 3.8) is 0 Å². The Balaban J connectivity index is 1.15. The fourth-order valence-corrected chi connectivity index (χ4v) is 4.46. The molecule has 0 spiro atoms. The number of allylic oxidation sites excluding steroid dienone is 1. The number of hydrogen-bond donors (Lipinski definition) is 0. The second kappa shape index (κ2) is 10.7. The van der Waals surface area contributed by atoms with Gasteiger partial charge in [-0.3, -0.25) is 9.69 Å². The van der Waals surface area contributed by atoms with E-state index >= 15 is 0 Å². The molecule has 1 amide bonds. The number of amides is 1. The van der Waals surface area contributed by atoms with Crippen molar-refractivity contribution in [1.82, 2.24) is 19.9 Å². The molecular formula is C27H30N4O3. The lowest BCUT2D eigenvalue weighted by atomic mass is 10.1. The van der Waals surface area contributed by atoms with E-state index in [-0.39, 0.29) is 12.0 Å². The smallest absolute Gasteiger partial charge is 0.257 e. The zero-order chi connectivity index (χ0) is 23.2. The molecule has 1 atom stereocenters. The van der Waals surface area contributed by atoms with Crippen LogP contribution in [0.3, 0.4) is 0 Å². The molecule has 2 heterocycles. The van der Waals surface area contributed by atoms with Crippen LogP contribution in [-0.4, -0.2) is 58.1 Å². The van der Waals surface area contributed by atoms with Crippen LogP contribution in [0.15, 0.2) is 71.3 Å². The summed E-state index contributed by atoms with van der Waals surface area (Å²) in [5.74, 6) is 2.08. The Morgan fingerprint density at radius 3 is 2.65 bits per heavy atom. The van der Waals surface area contributed by atoms with Gasteiger partial charge in [-0.05, 0) is 68.2 Å². The predicted octanol–water partition coefficient (Wildman–Crippen LogP) is 4.57. The van der Waals surface area contributed by atoms with Crippen LogP contribution < -0.4 is 4.74 Å². The maximum Gasteiger partial charge on any atom is 0.257 e. The first-order valence-corrected chi connectivity index (χ1v) is 12.1. The van der Waals surface area contributed by atoms with Gasteiger partial charge in [0.15, 0.2) is 5.82 Å². The molecule has 7 nitrogen and oxygen atoms in total. The van der Waals surface area contributed by atoms with E-state index in [1.807, 2.05) is 59.5 Å². The summed E-state index contributed by atoms with van der Waals surface area (Å²) in [4.78, 5) is 21.9. The molecule has 3 aromatic rings. The summed E-state index contributed by atoms with van der Waals surface area (Å²) >= 11 is 0. The topological polar surface area (TPSA) is 71.7 Å². The molecule has 5 rings (SSSR count). The molecule has 2 aromatic carbocycles. The molecule has 7 heteroatoms.